The number of allylic oxidation sites excluding steroid dienone is 5. The highest BCUT2D eigenvalue weighted by Crippen LogP contribution is 2.47. The van der Waals surface area contributed by atoms with Crippen LogP contribution >= 0.6 is 0 Å². The summed E-state index contributed by atoms with van der Waals surface area (Å²) in [6.45, 7) is 0. The Morgan fingerprint density at radius 1 is 0.923 bits per heavy atom. The normalized spacial score (nSPS) is 34.5. The molecule has 0 saturated heterocycles. The van der Waals surface area contributed by atoms with Crippen LogP contribution in [0.25, 0.3) is 0 Å². The first-order valence-corrected chi connectivity index (χ1v) is 11.1. The van der Waals surface area contributed by atoms with E-state index in [4.69, 9.17) is 4.74 Å². The molecule has 3 atom stereocenters. The molecule has 0 radical (unpaired) electrons. The van der Waals surface area contributed by atoms with Crippen LogP contribution in [0.15, 0.2) is 46.9 Å². The van der Waals surface area contributed by atoms with Crippen molar-refractivity contribution in [1.82, 2.24) is 5.32 Å². The first-order chi connectivity index (χ1) is 12.9. The number of fused-ring (bicyclic) bond motifs is 2. The van der Waals surface area contributed by atoms with E-state index < -0.39 is 0 Å². The predicted octanol–water partition coefficient (Wildman–Crippen LogP) is 5.93. The van der Waals surface area contributed by atoms with Crippen LogP contribution < -0.4 is 5.32 Å². The lowest BCUT2D eigenvalue weighted by Gasteiger charge is -2.31. The quantitative estimate of drug-likeness (QED) is 0.636. The molecule has 140 valence electrons. The van der Waals surface area contributed by atoms with Gasteiger partial charge in [0, 0.05) is 17.7 Å². The molecule has 0 aromatic heterocycles. The summed E-state index contributed by atoms with van der Waals surface area (Å²) in [6.07, 6.45) is 25.7. The fraction of sp³-hybridized carbons (Fsp3) is 0.667. The molecule has 2 nitrogen and oxygen atoms in total. The highest BCUT2D eigenvalue weighted by molar-refractivity contribution is 5.43. The van der Waals surface area contributed by atoms with Crippen LogP contribution in [0.5, 0.6) is 0 Å². The van der Waals surface area contributed by atoms with E-state index in [0.29, 0.717) is 17.9 Å². The standard InChI is InChI=1S/C24H33NO/c1-2-7-18(8-3-1)25-19-15-13-17(14-16-19)20-10-6-11-22-21-9-4-5-12-23(21)26-24(20)22/h4,9-10,15,17-18,21,23,25H,1-3,5-8,11-14,16H2. The monoisotopic (exact) mass is 351 g/mol. The van der Waals surface area contributed by atoms with Gasteiger partial charge in [-0.2, -0.15) is 0 Å². The zero-order valence-corrected chi connectivity index (χ0v) is 16.0. The summed E-state index contributed by atoms with van der Waals surface area (Å²) in [5.41, 5.74) is 4.67. The minimum Gasteiger partial charge on any atom is -0.489 e. The zero-order valence-electron chi connectivity index (χ0n) is 16.0. The fourth-order valence-corrected chi connectivity index (χ4v) is 5.78. The third-order valence-corrected chi connectivity index (χ3v) is 7.21. The summed E-state index contributed by atoms with van der Waals surface area (Å²) in [7, 11) is 0. The zero-order chi connectivity index (χ0) is 17.3. The second-order valence-electron chi connectivity index (χ2n) is 8.92. The van der Waals surface area contributed by atoms with Crippen LogP contribution in [0.4, 0.5) is 0 Å². The summed E-state index contributed by atoms with van der Waals surface area (Å²) in [4.78, 5) is 0. The van der Waals surface area contributed by atoms with Crippen LogP contribution in [0.3, 0.4) is 0 Å². The van der Waals surface area contributed by atoms with Gasteiger partial charge in [0.25, 0.3) is 0 Å². The van der Waals surface area contributed by atoms with Gasteiger partial charge in [-0.3, -0.25) is 0 Å². The van der Waals surface area contributed by atoms with E-state index in [1.165, 1.54) is 88.5 Å². The molecular formula is C24H33NO. The number of rotatable bonds is 3. The molecule has 4 aliphatic carbocycles. The van der Waals surface area contributed by atoms with Crippen molar-refractivity contribution >= 4 is 0 Å². The Morgan fingerprint density at radius 3 is 2.69 bits per heavy atom. The summed E-state index contributed by atoms with van der Waals surface area (Å²) in [5.74, 6) is 2.55. The minimum absolute atomic E-state index is 0.425. The number of nitrogens with one attached hydrogen (secondary N) is 1. The van der Waals surface area contributed by atoms with Crippen molar-refractivity contribution in [3.05, 3.63) is 46.9 Å². The average Bonchev–Trinajstić information content (AvgIpc) is 3.08. The molecule has 0 spiro atoms. The van der Waals surface area contributed by atoms with Gasteiger partial charge in [-0.05, 0) is 74.9 Å². The van der Waals surface area contributed by atoms with Gasteiger partial charge >= 0.3 is 0 Å². The summed E-state index contributed by atoms with van der Waals surface area (Å²) in [5, 5.41) is 3.86. The molecule has 0 aromatic rings. The van der Waals surface area contributed by atoms with E-state index >= 15 is 0 Å². The van der Waals surface area contributed by atoms with Crippen molar-refractivity contribution in [1.29, 1.82) is 0 Å². The Hall–Kier alpha value is -1.44. The van der Waals surface area contributed by atoms with Gasteiger partial charge < -0.3 is 10.1 Å². The van der Waals surface area contributed by atoms with Crippen LogP contribution in [-0.4, -0.2) is 12.1 Å². The van der Waals surface area contributed by atoms with Crippen molar-refractivity contribution in [3.8, 4) is 0 Å². The molecule has 0 bridgehead atoms. The molecule has 1 saturated carbocycles. The Bertz CT molecular complexity index is 662. The van der Waals surface area contributed by atoms with Crippen molar-refractivity contribution in [2.45, 2.75) is 89.2 Å². The van der Waals surface area contributed by atoms with Gasteiger partial charge in [-0.1, -0.05) is 43.6 Å². The Labute approximate surface area is 158 Å². The molecular weight excluding hydrogens is 318 g/mol. The SMILES string of the molecule is C1=CC2C3=C(OC2CC1)C(C1CC=C(NC2CCCCC2)CC1)=CCC3. The molecule has 1 fully saturated rings. The summed E-state index contributed by atoms with van der Waals surface area (Å²) < 4.78 is 6.51. The summed E-state index contributed by atoms with van der Waals surface area (Å²) in [6, 6.07) is 0.739. The molecule has 26 heavy (non-hydrogen) atoms. The first kappa shape index (κ1) is 16.7. The highest BCUT2D eigenvalue weighted by Gasteiger charge is 2.39. The minimum atomic E-state index is 0.425. The fourth-order valence-electron chi connectivity index (χ4n) is 5.78. The maximum atomic E-state index is 6.51. The van der Waals surface area contributed by atoms with Gasteiger partial charge in [-0.15, -0.1) is 0 Å². The third kappa shape index (κ3) is 3.17. The average molecular weight is 352 g/mol. The van der Waals surface area contributed by atoms with Crippen molar-refractivity contribution in [2.75, 3.05) is 0 Å². The largest absolute Gasteiger partial charge is 0.489 e. The van der Waals surface area contributed by atoms with Gasteiger partial charge in [0.05, 0.1) is 0 Å². The van der Waals surface area contributed by atoms with Gasteiger partial charge in [-0.25, -0.2) is 0 Å². The lowest BCUT2D eigenvalue weighted by atomic mass is 9.78. The second kappa shape index (κ2) is 7.29. The van der Waals surface area contributed by atoms with E-state index in [0.717, 1.165) is 6.04 Å². The van der Waals surface area contributed by atoms with E-state index in [2.05, 4.69) is 29.6 Å². The van der Waals surface area contributed by atoms with E-state index in [9.17, 15) is 0 Å². The summed E-state index contributed by atoms with van der Waals surface area (Å²) >= 11 is 0. The van der Waals surface area contributed by atoms with Crippen molar-refractivity contribution in [3.63, 3.8) is 0 Å². The molecule has 1 N–H and O–H groups in total. The van der Waals surface area contributed by atoms with Gasteiger partial charge in [0.2, 0.25) is 0 Å². The highest BCUT2D eigenvalue weighted by atomic mass is 16.5. The molecule has 2 heteroatoms. The molecule has 1 heterocycles. The molecule has 0 aromatic carbocycles. The van der Waals surface area contributed by atoms with Gasteiger partial charge in [0.15, 0.2) is 0 Å². The molecule has 5 rings (SSSR count). The van der Waals surface area contributed by atoms with Gasteiger partial charge in [0.1, 0.15) is 11.9 Å². The van der Waals surface area contributed by atoms with Crippen LogP contribution in [0.1, 0.15) is 77.0 Å². The number of hydrogen-bond acceptors (Lipinski definition) is 2. The van der Waals surface area contributed by atoms with Crippen LogP contribution in [-0.2, 0) is 4.74 Å². The Balaban J connectivity index is 1.26. The number of hydrogen-bond donors (Lipinski definition) is 1. The third-order valence-electron chi connectivity index (χ3n) is 7.21. The van der Waals surface area contributed by atoms with Crippen LogP contribution in [0.2, 0.25) is 0 Å². The van der Waals surface area contributed by atoms with E-state index in [1.807, 2.05) is 0 Å². The molecule has 3 unspecified atom stereocenters. The van der Waals surface area contributed by atoms with Crippen LogP contribution in [0, 0.1) is 11.8 Å². The molecule has 5 aliphatic rings. The molecule has 0 amide bonds. The van der Waals surface area contributed by atoms with E-state index in [1.54, 1.807) is 11.1 Å². The Morgan fingerprint density at radius 2 is 1.85 bits per heavy atom. The topological polar surface area (TPSA) is 21.3 Å². The van der Waals surface area contributed by atoms with Crippen molar-refractivity contribution in [2.24, 2.45) is 11.8 Å². The van der Waals surface area contributed by atoms with Crippen molar-refractivity contribution < 1.29 is 4.74 Å². The Kier molecular flexibility index (Phi) is 4.69. The first-order valence-electron chi connectivity index (χ1n) is 11.1. The maximum Gasteiger partial charge on any atom is 0.122 e. The second-order valence-corrected chi connectivity index (χ2v) is 8.92. The lowest BCUT2D eigenvalue weighted by Crippen LogP contribution is -2.31. The smallest absolute Gasteiger partial charge is 0.122 e. The molecule has 1 aliphatic heterocycles. The predicted molar refractivity (Wildman–Crippen MR) is 107 cm³/mol. The van der Waals surface area contributed by atoms with E-state index in [-0.39, 0.29) is 0 Å². The lowest BCUT2D eigenvalue weighted by molar-refractivity contribution is 0.115. The number of ether oxygens (including phenoxy) is 1. The maximum absolute atomic E-state index is 6.51.